The van der Waals surface area contributed by atoms with Crippen molar-refractivity contribution in [3.63, 3.8) is 0 Å². The molecule has 0 aliphatic heterocycles. The third-order valence-electron chi connectivity index (χ3n) is 4.40. The van der Waals surface area contributed by atoms with Gasteiger partial charge < -0.3 is 10.6 Å². The van der Waals surface area contributed by atoms with E-state index in [1.807, 2.05) is 11.8 Å². The summed E-state index contributed by atoms with van der Waals surface area (Å²) in [6.07, 6.45) is 3.43. The number of nitrogen functional groups attached to an aromatic ring is 1. The smallest absolute Gasteiger partial charge is 0.268 e. The molecule has 0 aliphatic rings. The number of halogens is 1. The molecule has 2 aromatic rings. The molecule has 0 unspecified atom stereocenters. The Bertz CT molecular complexity index is 968. The highest BCUT2D eigenvalue weighted by Gasteiger charge is 2.25. The van der Waals surface area contributed by atoms with E-state index < -0.39 is 15.9 Å². The van der Waals surface area contributed by atoms with Crippen LogP contribution in [0.2, 0.25) is 5.15 Å². The van der Waals surface area contributed by atoms with Crippen LogP contribution in [0.3, 0.4) is 0 Å². The topological polar surface area (TPSA) is 118 Å². The molecule has 2 aromatic heterocycles. The van der Waals surface area contributed by atoms with Crippen LogP contribution in [0.25, 0.3) is 0 Å². The summed E-state index contributed by atoms with van der Waals surface area (Å²) in [5.41, 5.74) is 5.76. The van der Waals surface area contributed by atoms with Crippen LogP contribution in [0.15, 0.2) is 35.4 Å². The first-order valence-electron chi connectivity index (χ1n) is 9.38. The summed E-state index contributed by atoms with van der Waals surface area (Å²) in [6.45, 7) is 7.42. The van der Waals surface area contributed by atoms with Gasteiger partial charge in [-0.1, -0.05) is 31.9 Å². The van der Waals surface area contributed by atoms with Gasteiger partial charge in [0, 0.05) is 19.3 Å². The lowest BCUT2D eigenvalue weighted by Crippen LogP contribution is -2.35. The number of nitrogens with zero attached hydrogens (tertiary/aromatic N) is 3. The summed E-state index contributed by atoms with van der Waals surface area (Å²) >= 11 is 6.06. The average Bonchev–Trinajstić information content (AvgIpc) is 2.66. The number of amides is 1. The van der Waals surface area contributed by atoms with Crippen LogP contribution in [0, 0.1) is 5.92 Å². The molecule has 158 valence electrons. The highest BCUT2D eigenvalue weighted by molar-refractivity contribution is 7.90. The first kappa shape index (κ1) is 22.9. The summed E-state index contributed by atoms with van der Waals surface area (Å²) in [7, 11) is -4.20. The first-order valence-corrected chi connectivity index (χ1v) is 11.2. The van der Waals surface area contributed by atoms with Gasteiger partial charge in [-0.2, -0.15) is 0 Å². The molecule has 0 spiro atoms. The second-order valence-corrected chi connectivity index (χ2v) is 8.80. The van der Waals surface area contributed by atoms with Crippen LogP contribution < -0.4 is 15.4 Å². The molecule has 0 aromatic carbocycles. The summed E-state index contributed by atoms with van der Waals surface area (Å²) in [6, 6.07) is 5.63. The van der Waals surface area contributed by atoms with Gasteiger partial charge in [-0.05, 0) is 43.5 Å². The SMILES string of the molecule is CCC[C@H](C)CN(CC)c1nc(Cl)ccc1C(=O)NS(=O)(=O)c1cccnc1N. The van der Waals surface area contributed by atoms with Crippen molar-refractivity contribution in [2.75, 3.05) is 23.7 Å². The lowest BCUT2D eigenvalue weighted by atomic mass is 10.1. The maximum absolute atomic E-state index is 12.8. The average molecular weight is 440 g/mol. The molecule has 2 heterocycles. The van der Waals surface area contributed by atoms with Gasteiger partial charge in [-0.3, -0.25) is 4.79 Å². The molecule has 8 nitrogen and oxygen atoms in total. The summed E-state index contributed by atoms with van der Waals surface area (Å²) in [5.74, 6) is -0.287. The Morgan fingerprint density at radius 1 is 1.31 bits per heavy atom. The van der Waals surface area contributed by atoms with E-state index >= 15 is 0 Å². The lowest BCUT2D eigenvalue weighted by molar-refractivity contribution is 0.0981. The molecule has 0 fully saturated rings. The van der Waals surface area contributed by atoms with Crippen molar-refractivity contribution in [1.29, 1.82) is 0 Å². The normalized spacial score (nSPS) is 12.4. The molecule has 0 saturated heterocycles. The van der Waals surface area contributed by atoms with Gasteiger partial charge in [0.1, 0.15) is 21.7 Å². The summed E-state index contributed by atoms with van der Waals surface area (Å²) in [5, 5.41) is 0.220. The number of carbonyl (C=O) groups excluding carboxylic acids is 1. The lowest BCUT2D eigenvalue weighted by Gasteiger charge is -2.27. The number of hydrogen-bond donors (Lipinski definition) is 2. The van der Waals surface area contributed by atoms with Crippen LogP contribution in [0.1, 0.15) is 44.0 Å². The number of nitrogens with two attached hydrogens (primary N) is 1. The van der Waals surface area contributed by atoms with Crippen molar-refractivity contribution in [3.05, 3.63) is 41.2 Å². The molecule has 1 atom stereocenters. The van der Waals surface area contributed by atoms with Crippen molar-refractivity contribution >= 4 is 39.2 Å². The predicted molar refractivity (Wildman–Crippen MR) is 115 cm³/mol. The quantitative estimate of drug-likeness (QED) is 0.576. The number of hydrogen-bond acceptors (Lipinski definition) is 7. The second kappa shape index (κ2) is 9.89. The highest BCUT2D eigenvalue weighted by Crippen LogP contribution is 2.24. The maximum Gasteiger partial charge on any atom is 0.268 e. The molecule has 0 saturated carbocycles. The second-order valence-electron chi connectivity index (χ2n) is 6.76. The van der Waals surface area contributed by atoms with E-state index in [1.165, 1.54) is 30.5 Å². The molecule has 10 heteroatoms. The molecule has 1 amide bonds. The third kappa shape index (κ3) is 5.80. The number of pyridine rings is 2. The van der Waals surface area contributed by atoms with Gasteiger partial charge in [0.25, 0.3) is 15.9 Å². The van der Waals surface area contributed by atoms with Crippen molar-refractivity contribution < 1.29 is 13.2 Å². The number of nitrogens with one attached hydrogen (secondary N) is 1. The van der Waals surface area contributed by atoms with Crippen molar-refractivity contribution in [2.24, 2.45) is 5.92 Å². The molecule has 0 radical (unpaired) electrons. The van der Waals surface area contributed by atoms with Gasteiger partial charge in [0.05, 0.1) is 5.56 Å². The number of rotatable bonds is 9. The minimum Gasteiger partial charge on any atom is -0.383 e. The largest absolute Gasteiger partial charge is 0.383 e. The maximum atomic E-state index is 12.8. The molecular weight excluding hydrogens is 414 g/mol. The van der Waals surface area contributed by atoms with E-state index in [1.54, 1.807) is 0 Å². The molecular formula is C19H26ClN5O3S. The van der Waals surface area contributed by atoms with Gasteiger partial charge in [0.2, 0.25) is 0 Å². The fraction of sp³-hybridized carbons (Fsp3) is 0.421. The fourth-order valence-corrected chi connectivity index (χ4v) is 4.22. The van der Waals surface area contributed by atoms with Crippen LogP contribution >= 0.6 is 11.6 Å². The van der Waals surface area contributed by atoms with Crippen molar-refractivity contribution in [1.82, 2.24) is 14.7 Å². The van der Waals surface area contributed by atoms with Crippen LogP contribution in [0.4, 0.5) is 11.6 Å². The number of aromatic nitrogens is 2. The Labute approximate surface area is 176 Å². The predicted octanol–water partition coefficient (Wildman–Crippen LogP) is 3.09. The van der Waals surface area contributed by atoms with E-state index in [4.69, 9.17) is 17.3 Å². The van der Waals surface area contributed by atoms with Crippen LogP contribution in [-0.2, 0) is 10.0 Å². The Balaban J connectivity index is 2.36. The first-order chi connectivity index (χ1) is 13.7. The Kier molecular flexibility index (Phi) is 7.80. The fourth-order valence-electron chi connectivity index (χ4n) is 3.03. The number of anilines is 2. The molecule has 0 aliphatic carbocycles. The molecule has 3 N–H and O–H groups in total. The molecule has 2 rings (SSSR count). The zero-order chi connectivity index (χ0) is 21.6. The van der Waals surface area contributed by atoms with Crippen LogP contribution in [0.5, 0.6) is 0 Å². The van der Waals surface area contributed by atoms with Crippen LogP contribution in [-0.4, -0.2) is 37.4 Å². The van der Waals surface area contributed by atoms with Gasteiger partial charge in [-0.25, -0.2) is 23.1 Å². The van der Waals surface area contributed by atoms with E-state index in [0.717, 1.165) is 12.8 Å². The Hall–Kier alpha value is -2.39. The highest BCUT2D eigenvalue weighted by atomic mass is 35.5. The number of carbonyl (C=O) groups is 1. The van der Waals surface area contributed by atoms with E-state index in [9.17, 15) is 13.2 Å². The van der Waals surface area contributed by atoms with Gasteiger partial charge in [0.15, 0.2) is 0 Å². The third-order valence-corrected chi connectivity index (χ3v) is 5.99. The van der Waals surface area contributed by atoms with Crippen molar-refractivity contribution in [2.45, 2.75) is 38.5 Å². The van der Waals surface area contributed by atoms with E-state index in [2.05, 4.69) is 28.5 Å². The van der Waals surface area contributed by atoms with E-state index in [-0.39, 0.29) is 21.4 Å². The van der Waals surface area contributed by atoms with Gasteiger partial charge in [-0.15, -0.1) is 0 Å². The minimum atomic E-state index is -4.20. The monoisotopic (exact) mass is 439 g/mol. The molecule has 0 bridgehead atoms. The standard InChI is InChI=1S/C19H26ClN5O3S/c1-4-7-13(3)12-25(5-2)18-14(9-10-16(20)23-18)19(26)24-29(27,28)15-8-6-11-22-17(15)21/h6,8-11,13H,4-5,7,12H2,1-3H3,(H2,21,22)(H,24,26)/t13-/m0/s1. The van der Waals surface area contributed by atoms with Gasteiger partial charge >= 0.3 is 0 Å². The summed E-state index contributed by atoms with van der Waals surface area (Å²) < 4.78 is 27.3. The minimum absolute atomic E-state index is 0.117. The molecule has 29 heavy (non-hydrogen) atoms. The Morgan fingerprint density at radius 2 is 2.03 bits per heavy atom. The van der Waals surface area contributed by atoms with Crippen molar-refractivity contribution in [3.8, 4) is 0 Å². The zero-order valence-corrected chi connectivity index (χ0v) is 18.3. The Morgan fingerprint density at radius 3 is 2.66 bits per heavy atom. The number of sulfonamides is 1. The zero-order valence-electron chi connectivity index (χ0n) is 16.7. The van der Waals surface area contributed by atoms with E-state index in [0.29, 0.717) is 24.8 Å². The summed E-state index contributed by atoms with van der Waals surface area (Å²) in [4.78, 5) is 22.6.